The van der Waals surface area contributed by atoms with Crippen molar-refractivity contribution >= 4 is 35.0 Å². The van der Waals surface area contributed by atoms with Crippen molar-refractivity contribution in [2.24, 2.45) is 5.73 Å². The Labute approximate surface area is 169 Å². The number of aromatic carboxylic acids is 1. The van der Waals surface area contributed by atoms with Gasteiger partial charge in [-0.2, -0.15) is 0 Å². The number of hydrogen-bond acceptors (Lipinski definition) is 5. The molecule has 1 unspecified atom stereocenters. The van der Waals surface area contributed by atoms with Gasteiger partial charge in [-0.15, -0.1) is 12.4 Å². The molecule has 0 radical (unpaired) electrons. The number of nitrogens with two attached hydrogens (primary N) is 1. The van der Waals surface area contributed by atoms with E-state index >= 15 is 0 Å². The summed E-state index contributed by atoms with van der Waals surface area (Å²) in [5.41, 5.74) is 4.90. The first-order valence-electron chi connectivity index (χ1n) is 8.59. The van der Waals surface area contributed by atoms with Crippen molar-refractivity contribution in [3.8, 4) is 5.69 Å². The van der Waals surface area contributed by atoms with Gasteiger partial charge >= 0.3 is 5.97 Å². The highest BCUT2D eigenvalue weighted by molar-refractivity contribution is 5.94. The summed E-state index contributed by atoms with van der Waals surface area (Å²) in [7, 11) is 0. The van der Waals surface area contributed by atoms with Gasteiger partial charge < -0.3 is 20.3 Å². The maximum atomic E-state index is 14.8. The van der Waals surface area contributed by atoms with E-state index in [2.05, 4.69) is 4.98 Å². The molecule has 2 aromatic heterocycles. The van der Waals surface area contributed by atoms with Gasteiger partial charge in [-0.3, -0.25) is 9.78 Å². The minimum atomic E-state index is -1.48. The number of benzene rings is 1. The highest BCUT2D eigenvalue weighted by atomic mass is 35.5. The predicted octanol–water partition coefficient (Wildman–Crippen LogP) is 2.32. The highest BCUT2D eigenvalue weighted by Gasteiger charge is 2.24. The standard InChI is InChI=1S/C19H16F2N4O3.ClH/c20-13-5-11-16(6-17(13)24-4-2-10(22)8-24)25(9-12(18(11)26)19(27)28)15-1-3-23-7-14(15)21;/h1,3,5-7,9-10H,2,4,8,22H2,(H,27,28);1H. The second-order valence-electron chi connectivity index (χ2n) is 6.69. The summed E-state index contributed by atoms with van der Waals surface area (Å²) in [6.07, 6.45) is 4.06. The number of rotatable bonds is 3. The topological polar surface area (TPSA) is 101 Å². The number of carboxylic acids is 1. The van der Waals surface area contributed by atoms with Crippen molar-refractivity contribution in [1.82, 2.24) is 9.55 Å². The Morgan fingerprint density at radius 1 is 1.24 bits per heavy atom. The van der Waals surface area contributed by atoms with Gasteiger partial charge in [0.2, 0.25) is 5.43 Å². The van der Waals surface area contributed by atoms with E-state index in [1.54, 1.807) is 4.90 Å². The van der Waals surface area contributed by atoms with Crippen molar-refractivity contribution < 1.29 is 18.7 Å². The lowest BCUT2D eigenvalue weighted by Crippen LogP contribution is -2.27. The largest absolute Gasteiger partial charge is 0.477 e. The van der Waals surface area contributed by atoms with E-state index in [-0.39, 0.29) is 40.7 Å². The zero-order valence-corrected chi connectivity index (χ0v) is 15.8. The van der Waals surface area contributed by atoms with E-state index in [9.17, 15) is 23.5 Å². The molecule has 10 heteroatoms. The van der Waals surface area contributed by atoms with Gasteiger partial charge in [0.25, 0.3) is 0 Å². The first kappa shape index (κ1) is 20.7. The predicted molar refractivity (Wildman–Crippen MR) is 106 cm³/mol. The number of halogens is 3. The van der Waals surface area contributed by atoms with Crippen LogP contribution in [0.4, 0.5) is 14.5 Å². The lowest BCUT2D eigenvalue weighted by atomic mass is 10.1. The molecule has 1 aliphatic rings. The fraction of sp³-hybridized carbons (Fsp3) is 0.211. The summed E-state index contributed by atoms with van der Waals surface area (Å²) in [6, 6.07) is 3.68. The average Bonchev–Trinajstić information content (AvgIpc) is 3.08. The number of aromatic nitrogens is 2. The fourth-order valence-electron chi connectivity index (χ4n) is 3.50. The monoisotopic (exact) mass is 422 g/mol. The average molecular weight is 423 g/mol. The number of carboxylic acid groups (broad SMARTS) is 1. The highest BCUT2D eigenvalue weighted by Crippen LogP contribution is 2.29. The summed E-state index contributed by atoms with van der Waals surface area (Å²) in [5.74, 6) is -2.86. The van der Waals surface area contributed by atoms with Crippen LogP contribution in [0.2, 0.25) is 0 Å². The number of anilines is 1. The summed E-state index contributed by atoms with van der Waals surface area (Å²) in [6.45, 7) is 0.994. The van der Waals surface area contributed by atoms with Crippen molar-refractivity contribution in [2.45, 2.75) is 12.5 Å². The van der Waals surface area contributed by atoms with E-state index in [4.69, 9.17) is 5.73 Å². The Morgan fingerprint density at radius 3 is 2.62 bits per heavy atom. The Hall–Kier alpha value is -3.04. The molecule has 0 saturated carbocycles. The van der Waals surface area contributed by atoms with Crippen LogP contribution in [0.3, 0.4) is 0 Å². The number of carbonyl (C=O) groups is 1. The number of pyridine rings is 2. The van der Waals surface area contributed by atoms with Crippen molar-refractivity contribution in [3.05, 3.63) is 64.2 Å². The minimum absolute atomic E-state index is 0. The molecule has 3 aromatic rings. The third kappa shape index (κ3) is 3.54. The first-order chi connectivity index (χ1) is 13.4. The van der Waals surface area contributed by atoms with Gasteiger partial charge in [0.1, 0.15) is 11.4 Å². The van der Waals surface area contributed by atoms with Gasteiger partial charge in [0.05, 0.1) is 23.1 Å². The third-order valence-corrected chi connectivity index (χ3v) is 4.88. The molecular formula is C19H17ClF2N4O3. The van der Waals surface area contributed by atoms with E-state index in [0.717, 1.165) is 18.5 Å². The van der Waals surface area contributed by atoms with Gasteiger partial charge in [0.15, 0.2) is 5.82 Å². The summed E-state index contributed by atoms with van der Waals surface area (Å²) in [5, 5.41) is 9.20. The Morgan fingerprint density at radius 2 is 2.00 bits per heavy atom. The molecule has 0 bridgehead atoms. The minimum Gasteiger partial charge on any atom is -0.477 e. The summed E-state index contributed by atoms with van der Waals surface area (Å²) >= 11 is 0. The molecule has 3 N–H and O–H groups in total. The maximum Gasteiger partial charge on any atom is 0.341 e. The zero-order valence-electron chi connectivity index (χ0n) is 15.0. The van der Waals surface area contributed by atoms with Crippen LogP contribution in [0.5, 0.6) is 0 Å². The normalized spacial score (nSPS) is 16.1. The quantitative estimate of drug-likeness (QED) is 0.671. The molecule has 0 spiro atoms. The Bertz CT molecular complexity index is 1170. The van der Waals surface area contributed by atoms with Crippen LogP contribution in [-0.2, 0) is 0 Å². The number of fused-ring (bicyclic) bond motifs is 1. The van der Waals surface area contributed by atoms with Crippen molar-refractivity contribution in [2.75, 3.05) is 18.0 Å². The molecule has 7 nitrogen and oxygen atoms in total. The van der Waals surface area contributed by atoms with Crippen LogP contribution < -0.4 is 16.1 Å². The third-order valence-electron chi connectivity index (χ3n) is 4.88. The van der Waals surface area contributed by atoms with Crippen LogP contribution in [-0.4, -0.2) is 39.8 Å². The van der Waals surface area contributed by atoms with Gasteiger partial charge in [-0.1, -0.05) is 0 Å². The molecule has 1 aromatic carbocycles. The molecule has 0 amide bonds. The van der Waals surface area contributed by atoms with Crippen LogP contribution in [0.15, 0.2) is 41.6 Å². The SMILES string of the molecule is Cl.NC1CCN(c2cc3c(cc2F)c(=O)c(C(=O)O)cn3-c2ccncc2F)C1. The van der Waals surface area contributed by atoms with Crippen LogP contribution in [0.1, 0.15) is 16.8 Å². The lowest BCUT2D eigenvalue weighted by Gasteiger charge is -2.21. The number of nitrogens with zero attached hydrogens (tertiary/aromatic N) is 3. The molecule has 0 aliphatic carbocycles. The molecule has 29 heavy (non-hydrogen) atoms. The number of hydrogen-bond donors (Lipinski definition) is 2. The first-order valence-corrected chi connectivity index (χ1v) is 8.59. The molecule has 3 heterocycles. The maximum absolute atomic E-state index is 14.8. The molecule has 4 rings (SSSR count). The fourth-order valence-corrected chi connectivity index (χ4v) is 3.50. The van der Waals surface area contributed by atoms with Crippen LogP contribution in [0, 0.1) is 11.6 Å². The molecule has 1 fully saturated rings. The van der Waals surface area contributed by atoms with E-state index in [1.165, 1.54) is 22.9 Å². The Kier molecular flexibility index (Phi) is 5.54. The van der Waals surface area contributed by atoms with Gasteiger partial charge in [-0.25, -0.2) is 13.6 Å². The molecule has 1 atom stereocenters. The zero-order chi connectivity index (χ0) is 20.0. The second kappa shape index (κ2) is 7.76. The van der Waals surface area contributed by atoms with E-state index in [1.807, 2.05) is 0 Å². The van der Waals surface area contributed by atoms with Gasteiger partial charge in [0, 0.05) is 36.9 Å². The summed E-state index contributed by atoms with van der Waals surface area (Å²) < 4.78 is 30.4. The smallest absolute Gasteiger partial charge is 0.341 e. The molecular weight excluding hydrogens is 406 g/mol. The lowest BCUT2D eigenvalue weighted by molar-refractivity contribution is 0.0695. The molecule has 1 aliphatic heterocycles. The van der Waals surface area contributed by atoms with Crippen molar-refractivity contribution in [3.63, 3.8) is 0 Å². The van der Waals surface area contributed by atoms with E-state index < -0.39 is 28.6 Å². The van der Waals surface area contributed by atoms with Gasteiger partial charge in [-0.05, 0) is 24.6 Å². The van der Waals surface area contributed by atoms with E-state index in [0.29, 0.717) is 19.5 Å². The molecule has 1 saturated heterocycles. The Balaban J connectivity index is 0.00000240. The summed E-state index contributed by atoms with van der Waals surface area (Å²) in [4.78, 5) is 29.5. The second-order valence-corrected chi connectivity index (χ2v) is 6.69. The van der Waals surface area contributed by atoms with Crippen LogP contribution >= 0.6 is 12.4 Å². The van der Waals surface area contributed by atoms with Crippen molar-refractivity contribution in [1.29, 1.82) is 0 Å². The van der Waals surface area contributed by atoms with Crippen LogP contribution in [0.25, 0.3) is 16.6 Å². The molecule has 152 valence electrons.